The van der Waals surface area contributed by atoms with E-state index in [2.05, 4.69) is 112 Å². The lowest BCUT2D eigenvalue weighted by molar-refractivity contribution is 0.765. The Labute approximate surface area is 173 Å². The third-order valence-corrected chi connectivity index (χ3v) is 6.49. The first-order chi connectivity index (χ1) is 14.1. The van der Waals surface area contributed by atoms with Crippen LogP contribution < -0.4 is 0 Å². The lowest BCUT2D eigenvalue weighted by atomic mass is 9.67. The summed E-state index contributed by atoms with van der Waals surface area (Å²) in [6.07, 6.45) is 1.04. The average Bonchev–Trinajstić information content (AvgIpc) is 3.05. The molecule has 0 heterocycles. The van der Waals surface area contributed by atoms with Crippen molar-refractivity contribution in [3.05, 3.63) is 130 Å². The summed E-state index contributed by atoms with van der Waals surface area (Å²) in [6.45, 7) is 6.56. The summed E-state index contributed by atoms with van der Waals surface area (Å²) in [5.41, 5.74) is 11.9. The van der Waals surface area contributed by atoms with Crippen molar-refractivity contribution in [1.82, 2.24) is 0 Å². The van der Waals surface area contributed by atoms with Gasteiger partial charge in [-0.3, -0.25) is 0 Å². The summed E-state index contributed by atoms with van der Waals surface area (Å²) in [5, 5.41) is 0. The molecule has 4 aromatic carbocycles. The second-order valence-electron chi connectivity index (χ2n) is 8.26. The van der Waals surface area contributed by atoms with Crippen molar-refractivity contribution in [2.24, 2.45) is 0 Å². The zero-order valence-electron chi connectivity index (χ0n) is 17.4. The maximum Gasteiger partial charge on any atom is 0.0713 e. The van der Waals surface area contributed by atoms with E-state index in [0.717, 1.165) is 6.42 Å². The molecule has 142 valence electrons. The van der Waals surface area contributed by atoms with Gasteiger partial charge in [-0.15, -0.1) is 0 Å². The molecule has 0 atom stereocenters. The standard InChI is InChI=1S/C29H26/c1-4-22-13-18-26-25-7-5-6-8-27(25)29(28(26)19-22,23-14-9-20(2)10-15-23)24-16-11-21(3)12-17-24/h5-19H,4H2,1-3H3. The average molecular weight is 375 g/mol. The summed E-state index contributed by atoms with van der Waals surface area (Å²) in [7, 11) is 0. The SMILES string of the molecule is CCc1ccc2c(c1)C(c1ccc(C)cc1)(c1ccc(C)cc1)c1ccccc1-2. The molecule has 0 fully saturated rings. The highest BCUT2D eigenvalue weighted by Gasteiger charge is 2.45. The van der Waals surface area contributed by atoms with E-state index in [4.69, 9.17) is 0 Å². The third-order valence-electron chi connectivity index (χ3n) is 6.49. The first-order valence-electron chi connectivity index (χ1n) is 10.5. The van der Waals surface area contributed by atoms with E-state index in [1.165, 1.54) is 50.1 Å². The molecule has 0 spiro atoms. The molecular weight excluding hydrogens is 348 g/mol. The van der Waals surface area contributed by atoms with Crippen LogP contribution >= 0.6 is 0 Å². The quantitative estimate of drug-likeness (QED) is 0.312. The maximum absolute atomic E-state index is 2.44. The van der Waals surface area contributed by atoms with Gasteiger partial charge in [0.1, 0.15) is 0 Å². The van der Waals surface area contributed by atoms with Crippen molar-refractivity contribution in [2.45, 2.75) is 32.6 Å². The molecular formula is C29H26. The molecule has 0 heteroatoms. The van der Waals surface area contributed by atoms with Gasteiger partial charge < -0.3 is 0 Å². The van der Waals surface area contributed by atoms with Crippen molar-refractivity contribution in [1.29, 1.82) is 0 Å². The van der Waals surface area contributed by atoms with Crippen molar-refractivity contribution >= 4 is 0 Å². The Hall–Kier alpha value is -3.12. The van der Waals surface area contributed by atoms with Crippen LogP contribution in [0.2, 0.25) is 0 Å². The zero-order chi connectivity index (χ0) is 20.0. The summed E-state index contributed by atoms with van der Waals surface area (Å²) < 4.78 is 0. The molecule has 0 radical (unpaired) electrons. The van der Waals surface area contributed by atoms with E-state index in [9.17, 15) is 0 Å². The molecule has 0 saturated carbocycles. The van der Waals surface area contributed by atoms with Crippen LogP contribution in [0.3, 0.4) is 0 Å². The number of rotatable bonds is 3. The Morgan fingerprint density at radius 2 is 1.14 bits per heavy atom. The predicted octanol–water partition coefficient (Wildman–Crippen LogP) is 7.23. The fraction of sp³-hybridized carbons (Fsp3) is 0.172. The molecule has 1 aliphatic carbocycles. The summed E-state index contributed by atoms with van der Waals surface area (Å²) in [5.74, 6) is 0. The van der Waals surface area contributed by atoms with Crippen LogP contribution in [0, 0.1) is 13.8 Å². The van der Waals surface area contributed by atoms with Crippen molar-refractivity contribution in [2.75, 3.05) is 0 Å². The number of hydrogen-bond donors (Lipinski definition) is 0. The van der Waals surface area contributed by atoms with Gasteiger partial charge in [0.25, 0.3) is 0 Å². The second kappa shape index (κ2) is 6.74. The van der Waals surface area contributed by atoms with Gasteiger partial charge in [-0.2, -0.15) is 0 Å². The van der Waals surface area contributed by atoms with Crippen LogP contribution in [0.25, 0.3) is 11.1 Å². The number of benzene rings is 4. The lowest BCUT2D eigenvalue weighted by Gasteiger charge is -2.34. The Bertz CT molecular complexity index is 1130. The van der Waals surface area contributed by atoms with E-state index in [1.54, 1.807) is 0 Å². The van der Waals surface area contributed by atoms with Crippen molar-refractivity contribution < 1.29 is 0 Å². The number of hydrogen-bond acceptors (Lipinski definition) is 0. The van der Waals surface area contributed by atoms with Gasteiger partial charge in [0.05, 0.1) is 5.41 Å². The van der Waals surface area contributed by atoms with Crippen LogP contribution in [0.4, 0.5) is 0 Å². The summed E-state index contributed by atoms with van der Waals surface area (Å²) in [4.78, 5) is 0. The van der Waals surface area contributed by atoms with E-state index in [-0.39, 0.29) is 5.41 Å². The van der Waals surface area contributed by atoms with Gasteiger partial charge in [0.15, 0.2) is 0 Å². The minimum Gasteiger partial charge on any atom is -0.0619 e. The molecule has 0 N–H and O–H groups in total. The van der Waals surface area contributed by atoms with E-state index in [1.807, 2.05) is 0 Å². The fourth-order valence-electron chi connectivity index (χ4n) is 4.94. The molecule has 0 saturated heterocycles. The third kappa shape index (κ3) is 2.59. The zero-order valence-corrected chi connectivity index (χ0v) is 17.4. The van der Waals surface area contributed by atoms with Gasteiger partial charge in [0.2, 0.25) is 0 Å². The van der Waals surface area contributed by atoms with Crippen LogP contribution in [0.5, 0.6) is 0 Å². The minimum atomic E-state index is -0.279. The fourth-order valence-corrected chi connectivity index (χ4v) is 4.94. The Morgan fingerprint density at radius 1 is 0.586 bits per heavy atom. The van der Waals surface area contributed by atoms with Gasteiger partial charge in [-0.1, -0.05) is 109 Å². The van der Waals surface area contributed by atoms with Gasteiger partial charge >= 0.3 is 0 Å². The minimum absolute atomic E-state index is 0.279. The molecule has 0 amide bonds. The molecule has 5 rings (SSSR count). The Kier molecular flexibility index (Phi) is 4.17. The van der Waals surface area contributed by atoms with E-state index >= 15 is 0 Å². The van der Waals surface area contributed by atoms with Crippen LogP contribution in [-0.4, -0.2) is 0 Å². The number of fused-ring (bicyclic) bond motifs is 3. The van der Waals surface area contributed by atoms with Crippen LogP contribution in [-0.2, 0) is 11.8 Å². The highest BCUT2D eigenvalue weighted by atomic mass is 14.5. The van der Waals surface area contributed by atoms with Crippen LogP contribution in [0.1, 0.15) is 45.9 Å². The molecule has 1 aliphatic rings. The molecule has 4 aromatic rings. The molecule has 0 nitrogen and oxygen atoms in total. The first-order valence-corrected chi connectivity index (χ1v) is 10.5. The lowest BCUT2D eigenvalue weighted by Crippen LogP contribution is -2.28. The molecule has 0 bridgehead atoms. The topological polar surface area (TPSA) is 0 Å². The highest BCUT2D eigenvalue weighted by molar-refractivity contribution is 5.86. The van der Waals surface area contributed by atoms with Crippen molar-refractivity contribution in [3.63, 3.8) is 0 Å². The second-order valence-corrected chi connectivity index (χ2v) is 8.26. The van der Waals surface area contributed by atoms with Crippen molar-refractivity contribution in [3.8, 4) is 11.1 Å². The Morgan fingerprint density at radius 3 is 1.72 bits per heavy atom. The highest BCUT2D eigenvalue weighted by Crippen LogP contribution is 2.56. The Balaban J connectivity index is 1.94. The number of aryl methyl sites for hydroxylation is 3. The summed E-state index contributed by atoms with van der Waals surface area (Å²) in [6, 6.07) is 34.3. The normalized spacial score (nSPS) is 13.8. The monoisotopic (exact) mass is 374 g/mol. The van der Waals surface area contributed by atoms with E-state index < -0.39 is 0 Å². The van der Waals surface area contributed by atoms with Crippen LogP contribution in [0.15, 0.2) is 91.0 Å². The molecule has 0 unspecified atom stereocenters. The first kappa shape index (κ1) is 17.9. The molecule has 0 aliphatic heterocycles. The summed E-state index contributed by atoms with van der Waals surface area (Å²) >= 11 is 0. The molecule has 0 aromatic heterocycles. The molecule has 29 heavy (non-hydrogen) atoms. The van der Waals surface area contributed by atoms with E-state index in [0.29, 0.717) is 0 Å². The van der Waals surface area contributed by atoms with Gasteiger partial charge in [0, 0.05) is 0 Å². The predicted molar refractivity (Wildman–Crippen MR) is 123 cm³/mol. The smallest absolute Gasteiger partial charge is 0.0619 e. The largest absolute Gasteiger partial charge is 0.0713 e. The van der Waals surface area contributed by atoms with Gasteiger partial charge in [-0.25, -0.2) is 0 Å². The van der Waals surface area contributed by atoms with Gasteiger partial charge in [-0.05, 0) is 59.2 Å². The maximum atomic E-state index is 2.44.